The lowest BCUT2D eigenvalue weighted by molar-refractivity contribution is 1.28. The maximum atomic E-state index is 4.16. The summed E-state index contributed by atoms with van der Waals surface area (Å²) < 4.78 is 0. The number of hydrogen-bond donors (Lipinski definition) is 2. The number of nitrogens with one attached hydrogen (secondary N) is 2. The van der Waals surface area contributed by atoms with E-state index in [2.05, 4.69) is 197 Å². The van der Waals surface area contributed by atoms with Crippen molar-refractivity contribution in [3.8, 4) is 78.4 Å². The smallest absolute Gasteiger partial charge is 0.0573 e. The lowest BCUT2D eigenvalue weighted by Crippen LogP contribution is -1.96. The van der Waals surface area contributed by atoms with E-state index in [1.165, 1.54) is 77.9 Å². The lowest BCUT2D eigenvalue weighted by atomic mass is 9.84. The molecule has 0 amide bonds. The Morgan fingerprint density at radius 3 is 0.962 bits per heavy atom. The monoisotopic (exact) mass is 672 g/mol. The Morgan fingerprint density at radius 2 is 0.577 bits per heavy atom. The number of hydrogen-bond acceptors (Lipinski definition) is 0. The zero-order valence-electron chi connectivity index (χ0n) is 30.9. The Hall–Kier alpha value is -6.12. The van der Waals surface area contributed by atoms with E-state index in [-0.39, 0.29) is 0 Å². The van der Waals surface area contributed by atoms with Crippen molar-refractivity contribution in [1.82, 2.24) is 9.97 Å². The van der Waals surface area contributed by atoms with Crippen LogP contribution in [-0.2, 0) is 0 Å². The van der Waals surface area contributed by atoms with Crippen molar-refractivity contribution in [1.29, 1.82) is 0 Å². The molecule has 52 heavy (non-hydrogen) atoms. The predicted octanol–water partition coefficient (Wildman–Crippen LogP) is 13.9. The van der Waals surface area contributed by atoms with E-state index in [9.17, 15) is 0 Å². The van der Waals surface area contributed by atoms with E-state index in [1.54, 1.807) is 0 Å². The Labute approximate surface area is 307 Å². The van der Waals surface area contributed by atoms with Crippen molar-refractivity contribution in [3.63, 3.8) is 0 Å². The van der Waals surface area contributed by atoms with Gasteiger partial charge in [-0.15, -0.1) is 0 Å². The third kappa shape index (κ3) is 5.81. The summed E-state index contributed by atoms with van der Waals surface area (Å²) in [7, 11) is 0. The Bertz CT molecular complexity index is 2490. The molecule has 0 atom stereocenters. The van der Waals surface area contributed by atoms with Crippen molar-refractivity contribution >= 4 is 0 Å². The lowest BCUT2D eigenvalue weighted by Gasteiger charge is -2.18. The van der Waals surface area contributed by atoms with Crippen LogP contribution in [0.15, 0.2) is 146 Å². The normalized spacial score (nSPS) is 11.3. The zero-order valence-corrected chi connectivity index (χ0v) is 30.9. The maximum absolute atomic E-state index is 4.16. The summed E-state index contributed by atoms with van der Waals surface area (Å²) in [6, 6.07) is 52.7. The second-order valence-electron chi connectivity index (χ2n) is 14.3. The summed E-state index contributed by atoms with van der Waals surface area (Å²) in [6.45, 7) is 13.4. The molecule has 0 radical (unpaired) electrons. The first-order valence-corrected chi connectivity index (χ1v) is 18.2. The molecular formula is C50H44N2. The molecule has 0 aliphatic carbocycles. The molecule has 2 aromatic heterocycles. The molecule has 0 fully saturated rings. The van der Waals surface area contributed by atoms with Crippen molar-refractivity contribution in [2.75, 3.05) is 0 Å². The molecule has 0 saturated heterocycles. The van der Waals surface area contributed by atoms with Crippen LogP contribution >= 0.6 is 0 Å². The van der Waals surface area contributed by atoms with Crippen LogP contribution in [0.1, 0.15) is 33.4 Å². The van der Waals surface area contributed by atoms with Crippen molar-refractivity contribution in [2.45, 2.75) is 41.5 Å². The summed E-state index contributed by atoms with van der Waals surface area (Å²) in [5.41, 5.74) is 24.0. The van der Waals surface area contributed by atoms with Gasteiger partial charge in [0.1, 0.15) is 0 Å². The van der Waals surface area contributed by atoms with Crippen LogP contribution in [-0.4, -0.2) is 9.97 Å². The van der Waals surface area contributed by atoms with Crippen LogP contribution in [0.5, 0.6) is 0 Å². The molecule has 0 aliphatic heterocycles. The largest absolute Gasteiger partial charge is 0.353 e. The number of benzene rings is 6. The molecule has 254 valence electrons. The first-order chi connectivity index (χ1) is 25.3. The van der Waals surface area contributed by atoms with Crippen LogP contribution < -0.4 is 0 Å². The molecule has 6 aromatic carbocycles. The SMILES string of the molecule is Cc1cc(C)c(-c2[nH]c(-c3ccccc3)c(-c3ccccc3)c2-c2[nH]c(-c3ccccc3)c(-c3ccccc3)c2-c2c(C)cc(C)cc2C)c(C)c1. The molecule has 8 aromatic rings. The standard InChI is InChI=1S/C50H44N2/c1-31-27-33(3)41(34(4)28-31)45-43(37-19-11-7-12-20-37)47(39-23-15-9-16-24-39)52-50(45)46-44(38-21-13-8-14-22-38)48(40-25-17-10-18-26-40)51-49(46)42-35(5)29-32(2)30-36(42)6/h7-30,51-52H,1-6H3. The molecule has 0 spiro atoms. The Morgan fingerprint density at radius 1 is 0.269 bits per heavy atom. The minimum absolute atomic E-state index is 1.11. The maximum Gasteiger partial charge on any atom is 0.0573 e. The van der Waals surface area contributed by atoms with E-state index < -0.39 is 0 Å². The predicted molar refractivity (Wildman–Crippen MR) is 222 cm³/mol. The van der Waals surface area contributed by atoms with E-state index >= 15 is 0 Å². The van der Waals surface area contributed by atoms with E-state index in [1.807, 2.05) is 0 Å². The molecule has 2 nitrogen and oxygen atoms in total. The number of H-pyrrole nitrogens is 2. The fraction of sp³-hybridized carbons (Fsp3) is 0.120. The molecule has 2 N–H and O–H groups in total. The van der Waals surface area contributed by atoms with Crippen LogP contribution in [0.3, 0.4) is 0 Å². The van der Waals surface area contributed by atoms with Crippen LogP contribution in [0.4, 0.5) is 0 Å². The van der Waals surface area contributed by atoms with Gasteiger partial charge in [0.15, 0.2) is 0 Å². The highest BCUT2D eigenvalue weighted by atomic mass is 14.8. The number of aryl methyl sites for hydroxylation is 6. The second-order valence-corrected chi connectivity index (χ2v) is 14.3. The first kappa shape index (κ1) is 33.0. The highest BCUT2D eigenvalue weighted by molar-refractivity contribution is 6.10. The molecule has 2 heterocycles. The van der Waals surface area contributed by atoms with Crippen molar-refractivity contribution in [3.05, 3.63) is 179 Å². The van der Waals surface area contributed by atoms with Gasteiger partial charge < -0.3 is 9.97 Å². The number of rotatable bonds is 7. The van der Waals surface area contributed by atoms with Gasteiger partial charge in [-0.25, -0.2) is 0 Å². The van der Waals surface area contributed by atoms with Gasteiger partial charge in [-0.05, 0) is 91.6 Å². The van der Waals surface area contributed by atoms with E-state index in [0.717, 1.165) is 33.9 Å². The quantitative estimate of drug-likeness (QED) is 0.169. The highest BCUT2D eigenvalue weighted by Gasteiger charge is 2.31. The van der Waals surface area contributed by atoms with Gasteiger partial charge >= 0.3 is 0 Å². The topological polar surface area (TPSA) is 31.6 Å². The van der Waals surface area contributed by atoms with Crippen LogP contribution in [0.25, 0.3) is 78.4 Å². The minimum Gasteiger partial charge on any atom is -0.353 e. The fourth-order valence-electron chi connectivity index (χ4n) is 8.45. The summed E-state index contributed by atoms with van der Waals surface area (Å²) in [5, 5.41) is 0. The number of aromatic nitrogens is 2. The molecule has 8 rings (SSSR count). The van der Waals surface area contributed by atoms with Gasteiger partial charge in [-0.2, -0.15) is 0 Å². The minimum atomic E-state index is 1.11. The van der Waals surface area contributed by atoms with Crippen molar-refractivity contribution in [2.24, 2.45) is 0 Å². The van der Waals surface area contributed by atoms with Gasteiger partial charge in [-0.3, -0.25) is 0 Å². The first-order valence-electron chi connectivity index (χ1n) is 18.2. The summed E-state index contributed by atoms with van der Waals surface area (Å²) >= 11 is 0. The zero-order chi connectivity index (χ0) is 35.9. The molecule has 2 heteroatoms. The summed E-state index contributed by atoms with van der Waals surface area (Å²) in [5.74, 6) is 0. The average molecular weight is 673 g/mol. The third-order valence-corrected chi connectivity index (χ3v) is 10.4. The van der Waals surface area contributed by atoms with E-state index in [0.29, 0.717) is 0 Å². The van der Waals surface area contributed by atoms with E-state index in [4.69, 9.17) is 0 Å². The summed E-state index contributed by atoms with van der Waals surface area (Å²) in [6.07, 6.45) is 0. The molecular weight excluding hydrogens is 629 g/mol. The third-order valence-electron chi connectivity index (χ3n) is 10.4. The van der Waals surface area contributed by atoms with Gasteiger partial charge in [0.2, 0.25) is 0 Å². The molecule has 0 saturated carbocycles. The highest BCUT2D eigenvalue weighted by Crippen LogP contribution is 2.54. The molecule has 0 unspecified atom stereocenters. The average Bonchev–Trinajstić information content (AvgIpc) is 3.72. The van der Waals surface area contributed by atoms with Gasteiger partial charge in [0.25, 0.3) is 0 Å². The Balaban J connectivity index is 1.63. The molecule has 0 bridgehead atoms. The number of aromatic amines is 2. The van der Waals surface area contributed by atoms with Crippen LogP contribution in [0.2, 0.25) is 0 Å². The van der Waals surface area contributed by atoms with Gasteiger partial charge in [0.05, 0.1) is 22.8 Å². The Kier molecular flexibility index (Phi) is 8.61. The van der Waals surface area contributed by atoms with Gasteiger partial charge in [0, 0.05) is 27.8 Å². The fourth-order valence-corrected chi connectivity index (χ4v) is 8.45. The van der Waals surface area contributed by atoms with Crippen LogP contribution in [0, 0.1) is 41.5 Å². The molecule has 0 aliphatic rings. The second kappa shape index (κ2) is 13.5. The van der Waals surface area contributed by atoms with Gasteiger partial charge in [-0.1, -0.05) is 157 Å². The van der Waals surface area contributed by atoms with Crippen molar-refractivity contribution < 1.29 is 0 Å². The summed E-state index contributed by atoms with van der Waals surface area (Å²) in [4.78, 5) is 8.25.